The van der Waals surface area contributed by atoms with Crippen LogP contribution in [0.5, 0.6) is 0 Å². The van der Waals surface area contributed by atoms with E-state index in [0.29, 0.717) is 12.6 Å². The van der Waals surface area contributed by atoms with Gasteiger partial charge in [-0.3, -0.25) is 4.90 Å². The van der Waals surface area contributed by atoms with Crippen molar-refractivity contribution in [3.8, 4) is 0 Å². The van der Waals surface area contributed by atoms with Crippen LogP contribution in [0.25, 0.3) is 0 Å². The fourth-order valence-corrected chi connectivity index (χ4v) is 3.82. The van der Waals surface area contributed by atoms with Gasteiger partial charge in [0.25, 0.3) is 0 Å². The van der Waals surface area contributed by atoms with Gasteiger partial charge in [-0.25, -0.2) is 4.99 Å². The highest BCUT2D eigenvalue weighted by Crippen LogP contribution is 2.24. The van der Waals surface area contributed by atoms with Crippen molar-refractivity contribution in [3.05, 3.63) is 47.5 Å². The summed E-state index contributed by atoms with van der Waals surface area (Å²) in [4.78, 5) is 7.36. The highest BCUT2D eigenvalue weighted by atomic mass is 127. The Labute approximate surface area is 209 Å². The smallest absolute Gasteiger partial charge is 0.191 e. The van der Waals surface area contributed by atoms with E-state index in [1.807, 2.05) is 25.5 Å². The number of rotatable bonds is 11. The molecule has 178 valence electrons. The maximum Gasteiger partial charge on any atom is 0.191 e. The van der Waals surface area contributed by atoms with Gasteiger partial charge in [0.05, 0.1) is 6.04 Å². The number of nitrogens with one attached hydrogen (secondary N) is 2. The summed E-state index contributed by atoms with van der Waals surface area (Å²) in [6, 6.07) is 11.1. The van der Waals surface area contributed by atoms with E-state index in [0.717, 1.165) is 63.4 Å². The molecule has 9 heteroatoms. The Morgan fingerprint density at radius 1 is 1.16 bits per heavy atom. The molecule has 0 radical (unpaired) electrons. The van der Waals surface area contributed by atoms with Crippen molar-refractivity contribution >= 4 is 29.9 Å². The van der Waals surface area contributed by atoms with Crippen LogP contribution in [0.15, 0.2) is 35.3 Å². The van der Waals surface area contributed by atoms with Crippen LogP contribution >= 0.6 is 24.0 Å². The summed E-state index contributed by atoms with van der Waals surface area (Å²) >= 11 is 0. The maximum atomic E-state index is 5.46. The summed E-state index contributed by atoms with van der Waals surface area (Å²) in [6.45, 7) is 9.86. The number of ether oxygens (including phenoxy) is 1. The lowest BCUT2D eigenvalue weighted by atomic mass is 10.1. The van der Waals surface area contributed by atoms with Crippen LogP contribution < -0.4 is 10.6 Å². The molecule has 2 aromatic rings. The minimum absolute atomic E-state index is 0. The summed E-state index contributed by atoms with van der Waals surface area (Å²) in [7, 11) is 1.97. The Morgan fingerprint density at radius 3 is 2.56 bits per heavy atom. The fraction of sp³-hybridized carbons (Fsp3) is 0.609. The molecule has 1 unspecified atom stereocenters. The zero-order valence-corrected chi connectivity index (χ0v) is 21.9. The number of aliphatic imine (C=N–C) groups is 1. The first-order valence-corrected chi connectivity index (χ1v) is 11.4. The molecular weight excluding hydrogens is 517 g/mol. The number of nitrogens with zero attached hydrogens (tertiary/aromatic N) is 5. The van der Waals surface area contributed by atoms with Crippen molar-refractivity contribution < 1.29 is 4.74 Å². The summed E-state index contributed by atoms with van der Waals surface area (Å²) in [5.74, 6) is 2.55. The number of aryl methyl sites for hydroxylation is 1. The van der Waals surface area contributed by atoms with Crippen molar-refractivity contribution in [2.24, 2.45) is 12.0 Å². The summed E-state index contributed by atoms with van der Waals surface area (Å²) in [5, 5.41) is 15.4. The van der Waals surface area contributed by atoms with Gasteiger partial charge in [0.2, 0.25) is 0 Å². The van der Waals surface area contributed by atoms with Crippen LogP contribution in [0.1, 0.15) is 49.4 Å². The molecular formula is C23H38IN7O. The second-order valence-corrected chi connectivity index (χ2v) is 7.92. The van der Waals surface area contributed by atoms with Crippen LogP contribution in [0, 0.1) is 6.92 Å². The monoisotopic (exact) mass is 555 g/mol. The van der Waals surface area contributed by atoms with Crippen molar-refractivity contribution in [1.82, 2.24) is 30.3 Å². The van der Waals surface area contributed by atoms with E-state index >= 15 is 0 Å². The van der Waals surface area contributed by atoms with Gasteiger partial charge in [-0.2, -0.15) is 0 Å². The Balaban J connectivity index is 0.00000363. The third-order valence-corrected chi connectivity index (χ3v) is 5.75. The number of guanidine groups is 1. The Morgan fingerprint density at radius 2 is 1.91 bits per heavy atom. The van der Waals surface area contributed by atoms with E-state index in [9.17, 15) is 0 Å². The van der Waals surface area contributed by atoms with Crippen LogP contribution in [0.3, 0.4) is 0 Å². The highest BCUT2D eigenvalue weighted by Gasteiger charge is 2.23. The van der Waals surface area contributed by atoms with E-state index in [-0.39, 0.29) is 24.0 Å². The second kappa shape index (κ2) is 14.4. The lowest BCUT2D eigenvalue weighted by molar-refractivity contribution is 0.145. The van der Waals surface area contributed by atoms with Gasteiger partial charge >= 0.3 is 0 Å². The van der Waals surface area contributed by atoms with Gasteiger partial charge < -0.3 is 19.9 Å². The zero-order chi connectivity index (χ0) is 21.9. The Kier molecular flexibility index (Phi) is 12.0. The van der Waals surface area contributed by atoms with Crippen molar-refractivity contribution in [3.63, 3.8) is 0 Å². The third kappa shape index (κ3) is 8.00. The van der Waals surface area contributed by atoms with Gasteiger partial charge in [0.15, 0.2) is 11.8 Å². The van der Waals surface area contributed by atoms with Crippen molar-refractivity contribution in [2.75, 3.05) is 39.4 Å². The molecule has 0 spiro atoms. The largest absolute Gasteiger partial charge is 0.382 e. The standard InChI is InChI=1S/C23H37N7O.HI/c1-4-31-16-10-13-24-23(26-18-22-28-27-19(2)29(22)3)25-17-21(30-14-8-9-15-30)20-11-6-5-7-12-20;/h5-7,11-12,21H,4,8-10,13-18H2,1-3H3,(H2,24,25,26);1H. The minimum atomic E-state index is 0. The van der Waals surface area contributed by atoms with Gasteiger partial charge in [0, 0.05) is 33.4 Å². The number of hydrogen-bond donors (Lipinski definition) is 2. The van der Waals surface area contributed by atoms with Gasteiger partial charge in [-0.05, 0) is 51.8 Å². The molecule has 2 heterocycles. The molecule has 0 aliphatic carbocycles. The number of hydrogen-bond acceptors (Lipinski definition) is 5. The molecule has 1 atom stereocenters. The molecule has 32 heavy (non-hydrogen) atoms. The lowest BCUT2D eigenvalue weighted by Crippen LogP contribution is -2.43. The molecule has 1 aromatic heterocycles. The first kappa shape index (κ1) is 26.5. The maximum absolute atomic E-state index is 5.46. The minimum Gasteiger partial charge on any atom is -0.382 e. The molecule has 0 saturated carbocycles. The summed E-state index contributed by atoms with van der Waals surface area (Å²) < 4.78 is 7.44. The topological polar surface area (TPSA) is 79.6 Å². The van der Waals surface area contributed by atoms with E-state index in [1.54, 1.807) is 0 Å². The number of likely N-dealkylation sites (tertiary alicyclic amines) is 1. The number of halogens is 1. The molecule has 8 nitrogen and oxygen atoms in total. The van der Waals surface area contributed by atoms with Gasteiger partial charge in [0.1, 0.15) is 12.4 Å². The lowest BCUT2D eigenvalue weighted by Gasteiger charge is -2.29. The van der Waals surface area contributed by atoms with E-state index in [4.69, 9.17) is 9.73 Å². The van der Waals surface area contributed by atoms with Crippen molar-refractivity contribution in [1.29, 1.82) is 0 Å². The molecule has 3 rings (SSSR count). The second-order valence-electron chi connectivity index (χ2n) is 7.92. The molecule has 2 N–H and O–H groups in total. The third-order valence-electron chi connectivity index (χ3n) is 5.75. The van der Waals surface area contributed by atoms with Crippen molar-refractivity contribution in [2.45, 2.75) is 45.7 Å². The Bertz CT molecular complexity index is 806. The molecule has 1 saturated heterocycles. The molecule has 1 aliphatic heterocycles. The van der Waals surface area contributed by atoms with E-state index in [2.05, 4.69) is 56.1 Å². The summed E-state index contributed by atoms with van der Waals surface area (Å²) in [5.41, 5.74) is 1.34. The average Bonchev–Trinajstić information content (AvgIpc) is 3.43. The first-order valence-electron chi connectivity index (χ1n) is 11.4. The quantitative estimate of drug-likeness (QED) is 0.192. The Hall–Kier alpha value is -1.72. The van der Waals surface area contributed by atoms with Gasteiger partial charge in [-0.15, -0.1) is 34.2 Å². The molecule has 1 fully saturated rings. The van der Waals surface area contributed by atoms with Crippen LogP contribution in [0.4, 0.5) is 0 Å². The predicted octanol–water partition coefficient (Wildman–Crippen LogP) is 3.04. The zero-order valence-electron chi connectivity index (χ0n) is 19.6. The highest BCUT2D eigenvalue weighted by molar-refractivity contribution is 14.0. The normalized spacial score (nSPS) is 15.4. The fourth-order valence-electron chi connectivity index (χ4n) is 3.82. The van der Waals surface area contributed by atoms with Crippen LogP contribution in [-0.2, 0) is 18.3 Å². The van der Waals surface area contributed by atoms with Crippen LogP contribution in [0.2, 0.25) is 0 Å². The number of aromatic nitrogens is 3. The molecule has 1 aliphatic rings. The average molecular weight is 556 g/mol. The summed E-state index contributed by atoms with van der Waals surface area (Å²) in [6.07, 6.45) is 3.47. The predicted molar refractivity (Wildman–Crippen MR) is 139 cm³/mol. The van der Waals surface area contributed by atoms with E-state index in [1.165, 1.54) is 18.4 Å². The van der Waals surface area contributed by atoms with Gasteiger partial charge in [-0.1, -0.05) is 30.3 Å². The SMILES string of the molecule is CCOCCCNC(=NCc1nnc(C)n1C)NCC(c1ccccc1)N1CCCC1.I. The molecule has 0 bridgehead atoms. The van der Waals surface area contributed by atoms with E-state index < -0.39 is 0 Å². The van der Waals surface area contributed by atoms with Crippen LogP contribution in [-0.4, -0.2) is 65.0 Å². The molecule has 1 aromatic carbocycles. The first-order chi connectivity index (χ1) is 15.2. The number of benzene rings is 1. The molecule has 0 amide bonds.